The van der Waals surface area contributed by atoms with E-state index in [9.17, 15) is 45.5 Å². The normalized spacial score (nSPS) is 14.5. The number of hydrogen-bond acceptors (Lipinski definition) is 9. The van der Waals surface area contributed by atoms with Crippen molar-refractivity contribution in [1.29, 1.82) is 10.8 Å². The lowest BCUT2D eigenvalue weighted by molar-refractivity contribution is -0.193. The Kier molecular flexibility index (Phi) is 12.5. The van der Waals surface area contributed by atoms with Crippen LogP contribution in [0.3, 0.4) is 0 Å². The smallest absolute Gasteiger partial charge is 0.458 e. The van der Waals surface area contributed by atoms with Gasteiger partial charge in [0.2, 0.25) is 0 Å². The summed E-state index contributed by atoms with van der Waals surface area (Å²) in [6, 6.07) is 11.4. The van der Waals surface area contributed by atoms with Gasteiger partial charge >= 0.3 is 36.0 Å². The fourth-order valence-corrected chi connectivity index (χ4v) is 4.45. The molecule has 0 radical (unpaired) electrons. The number of benzene rings is 2. The molecule has 4 N–H and O–H groups in total. The summed E-state index contributed by atoms with van der Waals surface area (Å²) in [6.45, 7) is 3.05. The maximum atomic E-state index is 12.4. The largest absolute Gasteiger partial charge is 0.486 e. The van der Waals surface area contributed by atoms with Gasteiger partial charge in [0.05, 0.1) is 5.56 Å². The van der Waals surface area contributed by atoms with Crippen molar-refractivity contribution in [1.82, 2.24) is 9.80 Å². The molecule has 2 aromatic carbocycles. The number of ketones is 2. The van der Waals surface area contributed by atoms with E-state index in [1.807, 2.05) is 4.90 Å². The van der Waals surface area contributed by atoms with E-state index >= 15 is 0 Å². The summed E-state index contributed by atoms with van der Waals surface area (Å²) in [4.78, 5) is 47.7. The first-order valence-corrected chi connectivity index (χ1v) is 14.4. The van der Waals surface area contributed by atoms with Gasteiger partial charge in [0.15, 0.2) is 11.5 Å². The Labute approximate surface area is 269 Å². The van der Waals surface area contributed by atoms with E-state index in [1.165, 1.54) is 12.1 Å². The van der Waals surface area contributed by atoms with E-state index in [-0.39, 0.29) is 30.5 Å². The number of nitrogen functional groups attached to an aromatic ring is 1. The van der Waals surface area contributed by atoms with Crippen LogP contribution >= 0.6 is 0 Å². The summed E-state index contributed by atoms with van der Waals surface area (Å²) in [6.07, 6.45) is -7.93. The van der Waals surface area contributed by atoms with Crippen molar-refractivity contribution in [2.75, 3.05) is 39.4 Å². The number of esters is 1. The number of carbonyl (C=O) groups excluding carboxylic acids is 4. The quantitative estimate of drug-likeness (QED) is 0.0858. The van der Waals surface area contributed by atoms with Crippen LogP contribution in [-0.2, 0) is 14.3 Å². The predicted octanol–water partition coefficient (Wildman–Crippen LogP) is 4.47. The molecule has 4 rings (SSSR count). The molecule has 0 spiro atoms. The highest BCUT2D eigenvalue weighted by Gasteiger charge is 2.54. The lowest BCUT2D eigenvalue weighted by Gasteiger charge is -2.18. The monoisotopic (exact) mass is 687 g/mol. The van der Waals surface area contributed by atoms with Gasteiger partial charge in [0.25, 0.3) is 0 Å². The Hall–Kier alpha value is -5.16. The van der Waals surface area contributed by atoms with Crippen molar-refractivity contribution in [2.24, 2.45) is 5.73 Å². The molecular weight excluding hydrogens is 656 g/mol. The fraction of sp³-hybridized carbons (Fsp3) is 0.400. The summed E-state index contributed by atoms with van der Waals surface area (Å²) >= 11 is 0. The molecule has 12 nitrogen and oxygen atoms in total. The van der Waals surface area contributed by atoms with Gasteiger partial charge in [-0.1, -0.05) is 12.1 Å². The summed E-state index contributed by atoms with van der Waals surface area (Å²) < 4.78 is 83.5. The van der Waals surface area contributed by atoms with Gasteiger partial charge in [-0.2, -0.15) is 26.3 Å². The standard InChI is InChI=1S/C26H31N5O5.C4F6O2/c27-23(28)20-9-10-21(36-26(33)31-13-3-4-14-31)22(17-20)34-15-16-35-25(32)19-7-5-18(6-8-19)24(29)30-11-1-2-12-30;5-3(6,7)1(11)2(12)4(8,9)10/h5-10,17,29H,1-4,11-16H2,(H3,27,28);. The highest BCUT2D eigenvalue weighted by atomic mass is 19.4. The molecule has 0 atom stereocenters. The molecule has 0 saturated carbocycles. The van der Waals surface area contributed by atoms with Gasteiger partial charge in [-0.15, -0.1) is 0 Å². The van der Waals surface area contributed by atoms with Gasteiger partial charge in [-0.3, -0.25) is 20.4 Å². The van der Waals surface area contributed by atoms with Crippen LogP contribution in [0.5, 0.6) is 11.5 Å². The zero-order chi connectivity index (χ0) is 35.6. The number of halogens is 6. The maximum absolute atomic E-state index is 12.4. The van der Waals surface area contributed by atoms with Crippen LogP contribution in [0.15, 0.2) is 42.5 Å². The molecular formula is C30H31F6N5O7. The van der Waals surface area contributed by atoms with Gasteiger partial charge in [-0.25, -0.2) is 9.59 Å². The van der Waals surface area contributed by atoms with Gasteiger partial charge in [0.1, 0.15) is 24.9 Å². The molecule has 48 heavy (non-hydrogen) atoms. The fourth-order valence-electron chi connectivity index (χ4n) is 4.45. The number of hydrogen-bond donors (Lipinski definition) is 3. The Morgan fingerprint density at radius 2 is 1.17 bits per heavy atom. The van der Waals surface area contributed by atoms with E-state index in [0.717, 1.165) is 44.3 Å². The molecule has 260 valence electrons. The van der Waals surface area contributed by atoms with E-state index < -0.39 is 36.0 Å². The van der Waals surface area contributed by atoms with E-state index in [4.69, 9.17) is 30.8 Å². The number of Topliss-reactive ketones (excluding diaryl/α,β-unsaturated/α-hetero) is 2. The molecule has 2 heterocycles. The van der Waals surface area contributed by atoms with Gasteiger partial charge in [-0.05, 0) is 56.0 Å². The highest BCUT2D eigenvalue weighted by Crippen LogP contribution is 2.30. The average Bonchev–Trinajstić information content (AvgIpc) is 3.77. The number of rotatable bonds is 9. The van der Waals surface area contributed by atoms with Gasteiger partial charge in [0, 0.05) is 37.3 Å². The molecule has 2 fully saturated rings. The zero-order valence-electron chi connectivity index (χ0n) is 25.2. The third-order valence-electron chi connectivity index (χ3n) is 6.93. The summed E-state index contributed by atoms with van der Waals surface area (Å²) in [5, 5.41) is 16.0. The Morgan fingerprint density at radius 3 is 1.67 bits per heavy atom. The Balaban J connectivity index is 0.000000444. The molecule has 0 unspecified atom stereocenters. The van der Waals surface area contributed by atoms with Crippen LogP contribution in [0, 0.1) is 10.8 Å². The number of nitrogens with one attached hydrogen (secondary N) is 2. The lowest BCUT2D eigenvalue weighted by atomic mass is 10.1. The lowest BCUT2D eigenvalue weighted by Crippen LogP contribution is -2.39. The number of alkyl halides is 6. The van der Waals surface area contributed by atoms with Crippen LogP contribution in [0.2, 0.25) is 0 Å². The topological polar surface area (TPSA) is 176 Å². The third-order valence-corrected chi connectivity index (χ3v) is 6.93. The number of nitrogens with zero attached hydrogens (tertiary/aromatic N) is 2. The Bertz CT molecular complexity index is 1490. The van der Waals surface area contributed by atoms with E-state index in [0.29, 0.717) is 30.1 Å². The van der Waals surface area contributed by atoms with E-state index in [1.54, 1.807) is 35.2 Å². The number of nitrogens with two attached hydrogens (primary N) is 1. The summed E-state index contributed by atoms with van der Waals surface area (Å²) in [5.41, 5.74) is 7.15. The number of likely N-dealkylation sites (tertiary alicyclic amines) is 2. The second-order valence-electron chi connectivity index (χ2n) is 10.4. The number of carbonyl (C=O) groups is 4. The Morgan fingerprint density at radius 1 is 0.688 bits per heavy atom. The minimum Gasteiger partial charge on any atom is -0.486 e. The van der Waals surface area contributed by atoms with Crippen molar-refractivity contribution in [2.45, 2.75) is 38.0 Å². The molecule has 2 saturated heterocycles. The van der Waals surface area contributed by atoms with Crippen LogP contribution in [0.4, 0.5) is 31.1 Å². The van der Waals surface area contributed by atoms with Crippen molar-refractivity contribution in [3.8, 4) is 11.5 Å². The first-order valence-electron chi connectivity index (χ1n) is 14.4. The molecule has 2 aromatic rings. The van der Waals surface area contributed by atoms with Crippen LogP contribution < -0.4 is 15.2 Å². The first kappa shape index (κ1) is 37.3. The number of ether oxygens (including phenoxy) is 3. The highest BCUT2D eigenvalue weighted by molar-refractivity contribution is 6.41. The van der Waals surface area contributed by atoms with Crippen molar-refractivity contribution in [3.63, 3.8) is 0 Å². The number of amides is 1. The van der Waals surface area contributed by atoms with E-state index in [2.05, 4.69) is 0 Å². The molecule has 18 heteroatoms. The third kappa shape index (κ3) is 10.4. The van der Waals surface area contributed by atoms with Crippen LogP contribution in [0.1, 0.15) is 47.2 Å². The second kappa shape index (κ2) is 16.1. The second-order valence-corrected chi connectivity index (χ2v) is 10.4. The molecule has 0 aromatic heterocycles. The van der Waals surface area contributed by atoms with Crippen molar-refractivity contribution >= 4 is 35.3 Å². The predicted molar refractivity (Wildman–Crippen MR) is 156 cm³/mol. The molecule has 0 aliphatic carbocycles. The van der Waals surface area contributed by atoms with Crippen molar-refractivity contribution in [3.05, 3.63) is 59.2 Å². The first-order chi connectivity index (χ1) is 22.5. The minimum atomic E-state index is -5.77. The summed E-state index contributed by atoms with van der Waals surface area (Å²) in [5.74, 6) is -6.56. The SMILES string of the molecule is N=C(N)c1ccc(OC(=O)N2CCCC2)c(OCCOC(=O)c2ccc(C(=N)N3CCCC3)cc2)c1.O=C(C(=O)C(F)(F)F)C(F)(F)F. The average molecular weight is 688 g/mol. The van der Waals surface area contributed by atoms with Crippen molar-refractivity contribution < 1.29 is 59.7 Å². The minimum absolute atomic E-state index is 0.0129. The molecule has 2 aliphatic rings. The molecule has 2 aliphatic heterocycles. The molecule has 1 amide bonds. The number of amidine groups is 2. The van der Waals surface area contributed by atoms with Crippen LogP contribution in [-0.4, -0.2) is 96.8 Å². The zero-order valence-corrected chi connectivity index (χ0v) is 25.2. The summed E-state index contributed by atoms with van der Waals surface area (Å²) in [7, 11) is 0. The van der Waals surface area contributed by atoms with Gasteiger partial charge < -0.3 is 29.7 Å². The molecule has 0 bridgehead atoms. The van der Waals surface area contributed by atoms with Crippen LogP contribution in [0.25, 0.3) is 0 Å². The maximum Gasteiger partial charge on any atom is 0.458 e.